The largest absolute Gasteiger partial charge is 0.466 e. The van der Waals surface area contributed by atoms with Gasteiger partial charge >= 0.3 is 5.97 Å². The van der Waals surface area contributed by atoms with Crippen LogP contribution in [0.4, 0.5) is 0 Å². The number of rotatable bonds is 8. The Morgan fingerprint density at radius 2 is 2.06 bits per heavy atom. The summed E-state index contributed by atoms with van der Waals surface area (Å²) in [4.78, 5) is 16.3. The molecule has 0 aliphatic carbocycles. The van der Waals surface area contributed by atoms with E-state index in [1.54, 1.807) is 0 Å². The van der Waals surface area contributed by atoms with E-state index in [2.05, 4.69) is 4.98 Å². The Kier molecular flexibility index (Phi) is 7.47. The van der Waals surface area contributed by atoms with Crippen molar-refractivity contribution in [1.29, 1.82) is 0 Å². The monoisotopic (exact) mass is 253 g/mol. The predicted molar refractivity (Wildman–Crippen MR) is 70.1 cm³/mol. The summed E-state index contributed by atoms with van der Waals surface area (Å²) in [6, 6.07) is 4.03. The lowest BCUT2D eigenvalue weighted by Gasteiger charge is -2.02. The minimum absolute atomic E-state index is 0.0747. The van der Waals surface area contributed by atoms with Gasteiger partial charge in [0.25, 0.3) is 0 Å². The molecule has 1 aromatic rings. The van der Waals surface area contributed by atoms with Gasteiger partial charge in [0.15, 0.2) is 0 Å². The second-order valence-corrected chi connectivity index (χ2v) is 4.82. The van der Waals surface area contributed by atoms with Gasteiger partial charge in [0.1, 0.15) is 0 Å². The zero-order valence-electron chi connectivity index (χ0n) is 10.2. The molecule has 0 fully saturated rings. The minimum Gasteiger partial charge on any atom is -0.466 e. The van der Waals surface area contributed by atoms with Crippen LogP contribution in [-0.2, 0) is 9.53 Å². The van der Waals surface area contributed by atoms with Gasteiger partial charge in [-0.2, -0.15) is 0 Å². The van der Waals surface area contributed by atoms with Gasteiger partial charge in [-0.15, -0.1) is 11.8 Å². The zero-order valence-corrected chi connectivity index (χ0v) is 11.0. The minimum atomic E-state index is -0.0747. The second kappa shape index (κ2) is 9.05. The SMILES string of the molecule is CCOC(=O)CCCCCSc1ccncc1. The molecular weight excluding hydrogens is 234 g/mol. The summed E-state index contributed by atoms with van der Waals surface area (Å²) in [5.41, 5.74) is 0. The maximum Gasteiger partial charge on any atom is 0.305 e. The number of carbonyl (C=O) groups is 1. The molecule has 3 nitrogen and oxygen atoms in total. The predicted octanol–water partition coefficient (Wildman–Crippen LogP) is 3.30. The topological polar surface area (TPSA) is 39.2 Å². The van der Waals surface area contributed by atoms with Gasteiger partial charge in [0.2, 0.25) is 0 Å². The number of nitrogens with zero attached hydrogens (tertiary/aromatic N) is 1. The Hall–Kier alpha value is -1.03. The molecule has 0 amide bonds. The van der Waals surface area contributed by atoms with E-state index in [0.29, 0.717) is 13.0 Å². The fourth-order valence-electron chi connectivity index (χ4n) is 1.41. The molecule has 1 heterocycles. The number of hydrogen-bond donors (Lipinski definition) is 0. The van der Waals surface area contributed by atoms with Crippen molar-refractivity contribution in [3.63, 3.8) is 0 Å². The number of unbranched alkanes of at least 4 members (excludes halogenated alkanes) is 2. The molecule has 94 valence electrons. The van der Waals surface area contributed by atoms with Gasteiger partial charge in [0.05, 0.1) is 6.61 Å². The smallest absolute Gasteiger partial charge is 0.305 e. The number of pyridine rings is 1. The van der Waals surface area contributed by atoms with Crippen LogP contribution >= 0.6 is 11.8 Å². The first-order valence-corrected chi connectivity index (χ1v) is 7.00. The average molecular weight is 253 g/mol. The van der Waals surface area contributed by atoms with Crippen LogP contribution in [0.1, 0.15) is 32.6 Å². The van der Waals surface area contributed by atoms with Crippen LogP contribution in [-0.4, -0.2) is 23.3 Å². The lowest BCUT2D eigenvalue weighted by molar-refractivity contribution is -0.143. The maximum absolute atomic E-state index is 11.1. The summed E-state index contributed by atoms with van der Waals surface area (Å²) in [6.07, 6.45) is 7.30. The Morgan fingerprint density at radius 3 is 2.76 bits per heavy atom. The fourth-order valence-corrected chi connectivity index (χ4v) is 2.30. The Balaban J connectivity index is 1.96. The molecule has 0 aromatic carbocycles. The Bertz CT molecular complexity index is 316. The zero-order chi connectivity index (χ0) is 12.3. The van der Waals surface area contributed by atoms with Gasteiger partial charge in [-0.1, -0.05) is 6.42 Å². The first-order valence-electron chi connectivity index (χ1n) is 6.01. The van der Waals surface area contributed by atoms with Crippen LogP contribution in [0.5, 0.6) is 0 Å². The molecule has 1 rings (SSSR count). The highest BCUT2D eigenvalue weighted by Crippen LogP contribution is 2.18. The van der Waals surface area contributed by atoms with E-state index in [-0.39, 0.29) is 5.97 Å². The molecule has 1 aromatic heterocycles. The van der Waals surface area contributed by atoms with Crippen molar-refractivity contribution in [3.05, 3.63) is 24.5 Å². The standard InChI is InChI=1S/C13H19NO2S/c1-2-16-13(15)6-4-3-5-11-17-12-7-9-14-10-8-12/h7-10H,2-6,11H2,1H3. The summed E-state index contributed by atoms with van der Waals surface area (Å²) in [7, 11) is 0. The first-order chi connectivity index (χ1) is 8.33. The molecule has 0 saturated heterocycles. The number of aromatic nitrogens is 1. The van der Waals surface area contributed by atoms with Gasteiger partial charge in [-0.3, -0.25) is 9.78 Å². The number of esters is 1. The van der Waals surface area contributed by atoms with Crippen LogP contribution in [0.2, 0.25) is 0 Å². The lowest BCUT2D eigenvalue weighted by Crippen LogP contribution is -2.03. The third-order valence-electron chi connectivity index (χ3n) is 2.25. The summed E-state index contributed by atoms with van der Waals surface area (Å²) in [5, 5.41) is 0. The lowest BCUT2D eigenvalue weighted by atomic mass is 10.2. The normalized spacial score (nSPS) is 10.2. The van der Waals surface area contributed by atoms with E-state index < -0.39 is 0 Å². The molecule has 0 unspecified atom stereocenters. The van der Waals surface area contributed by atoms with Crippen molar-refractivity contribution in [3.8, 4) is 0 Å². The van der Waals surface area contributed by atoms with Crippen molar-refractivity contribution in [2.75, 3.05) is 12.4 Å². The van der Waals surface area contributed by atoms with Gasteiger partial charge < -0.3 is 4.74 Å². The van der Waals surface area contributed by atoms with Crippen LogP contribution in [0, 0.1) is 0 Å². The molecular formula is C13H19NO2S. The highest BCUT2D eigenvalue weighted by Gasteiger charge is 2.00. The number of thioether (sulfide) groups is 1. The Labute approximate surface area is 107 Å². The van der Waals surface area contributed by atoms with E-state index in [9.17, 15) is 4.79 Å². The summed E-state index contributed by atoms with van der Waals surface area (Å²) < 4.78 is 4.87. The highest BCUT2D eigenvalue weighted by atomic mass is 32.2. The molecule has 0 N–H and O–H groups in total. The first kappa shape index (κ1) is 14.0. The molecule has 0 radical (unpaired) electrons. The van der Waals surface area contributed by atoms with E-state index >= 15 is 0 Å². The van der Waals surface area contributed by atoms with E-state index in [4.69, 9.17) is 4.74 Å². The molecule has 17 heavy (non-hydrogen) atoms. The summed E-state index contributed by atoms with van der Waals surface area (Å²) >= 11 is 1.83. The van der Waals surface area contributed by atoms with Crippen LogP contribution < -0.4 is 0 Å². The van der Waals surface area contributed by atoms with Crippen molar-refractivity contribution in [2.24, 2.45) is 0 Å². The quantitative estimate of drug-likeness (QED) is 0.405. The van der Waals surface area contributed by atoms with Crippen LogP contribution in [0.3, 0.4) is 0 Å². The molecule has 0 aliphatic rings. The third kappa shape index (κ3) is 7.00. The van der Waals surface area contributed by atoms with Crippen LogP contribution in [0.25, 0.3) is 0 Å². The van der Waals surface area contributed by atoms with Crippen molar-refractivity contribution < 1.29 is 9.53 Å². The molecule has 0 atom stereocenters. The van der Waals surface area contributed by atoms with Gasteiger partial charge in [0, 0.05) is 23.7 Å². The van der Waals surface area contributed by atoms with E-state index in [0.717, 1.165) is 25.0 Å². The number of hydrogen-bond acceptors (Lipinski definition) is 4. The van der Waals surface area contributed by atoms with Crippen molar-refractivity contribution in [2.45, 2.75) is 37.5 Å². The van der Waals surface area contributed by atoms with Crippen molar-refractivity contribution >= 4 is 17.7 Å². The molecule has 0 bridgehead atoms. The fraction of sp³-hybridized carbons (Fsp3) is 0.538. The highest BCUT2D eigenvalue weighted by molar-refractivity contribution is 7.99. The Morgan fingerprint density at radius 1 is 1.29 bits per heavy atom. The average Bonchev–Trinajstić information content (AvgIpc) is 2.35. The van der Waals surface area contributed by atoms with E-state index in [1.807, 2.05) is 43.2 Å². The summed E-state index contributed by atoms with van der Waals surface area (Å²) in [6.45, 7) is 2.32. The molecule has 0 saturated carbocycles. The number of carbonyl (C=O) groups excluding carboxylic acids is 1. The van der Waals surface area contributed by atoms with Gasteiger partial charge in [-0.05, 0) is 37.7 Å². The second-order valence-electron chi connectivity index (χ2n) is 3.65. The van der Waals surface area contributed by atoms with E-state index in [1.165, 1.54) is 4.90 Å². The van der Waals surface area contributed by atoms with Crippen LogP contribution in [0.15, 0.2) is 29.4 Å². The molecule has 0 aliphatic heterocycles. The van der Waals surface area contributed by atoms with Crippen molar-refractivity contribution in [1.82, 2.24) is 4.98 Å². The summed E-state index contributed by atoms with van der Waals surface area (Å²) in [5.74, 6) is 1.02. The molecule has 0 spiro atoms. The van der Waals surface area contributed by atoms with Gasteiger partial charge in [-0.25, -0.2) is 0 Å². The number of ether oxygens (including phenoxy) is 1. The molecule has 4 heteroatoms. The third-order valence-corrected chi connectivity index (χ3v) is 3.35. The maximum atomic E-state index is 11.1.